The molecule has 1 N–H and O–H groups in total. The second-order valence-corrected chi connectivity index (χ2v) is 4.36. The van der Waals surface area contributed by atoms with Crippen molar-refractivity contribution in [1.29, 1.82) is 0 Å². The standard InChI is InChI=1S/C14H19N3/c1-11-4-5-12(2)13(10-11)17-9-8-16-14(17)6-7-15-3/h4-5,8-10,15H,6-7H2,1-3H3. The summed E-state index contributed by atoms with van der Waals surface area (Å²) in [5.74, 6) is 1.10. The van der Waals surface area contributed by atoms with Crippen molar-refractivity contribution in [2.24, 2.45) is 0 Å². The molecular formula is C14H19N3. The Labute approximate surface area is 103 Å². The molecular weight excluding hydrogens is 210 g/mol. The van der Waals surface area contributed by atoms with Crippen molar-refractivity contribution in [3.63, 3.8) is 0 Å². The van der Waals surface area contributed by atoms with Crippen LogP contribution >= 0.6 is 0 Å². The van der Waals surface area contributed by atoms with Crippen LogP contribution in [0, 0.1) is 13.8 Å². The van der Waals surface area contributed by atoms with E-state index in [1.165, 1.54) is 16.8 Å². The number of aryl methyl sites for hydroxylation is 2. The van der Waals surface area contributed by atoms with Crippen molar-refractivity contribution >= 4 is 0 Å². The van der Waals surface area contributed by atoms with Gasteiger partial charge in [-0.15, -0.1) is 0 Å². The molecule has 0 saturated heterocycles. The van der Waals surface area contributed by atoms with Gasteiger partial charge in [-0.3, -0.25) is 0 Å². The molecule has 0 atom stereocenters. The summed E-state index contributed by atoms with van der Waals surface area (Å²) in [6.07, 6.45) is 4.84. The summed E-state index contributed by atoms with van der Waals surface area (Å²) < 4.78 is 2.18. The molecule has 90 valence electrons. The van der Waals surface area contributed by atoms with Gasteiger partial charge in [0.05, 0.1) is 0 Å². The van der Waals surface area contributed by atoms with Gasteiger partial charge in [-0.05, 0) is 38.1 Å². The summed E-state index contributed by atoms with van der Waals surface area (Å²) in [4.78, 5) is 4.42. The average molecular weight is 229 g/mol. The summed E-state index contributed by atoms with van der Waals surface area (Å²) in [7, 11) is 1.96. The number of benzene rings is 1. The molecule has 0 aliphatic heterocycles. The monoisotopic (exact) mass is 229 g/mol. The van der Waals surface area contributed by atoms with E-state index in [1.807, 2.05) is 19.4 Å². The van der Waals surface area contributed by atoms with E-state index < -0.39 is 0 Å². The van der Waals surface area contributed by atoms with E-state index in [9.17, 15) is 0 Å². The fourth-order valence-corrected chi connectivity index (χ4v) is 1.95. The largest absolute Gasteiger partial charge is 0.319 e. The minimum Gasteiger partial charge on any atom is -0.319 e. The Hall–Kier alpha value is -1.61. The van der Waals surface area contributed by atoms with Gasteiger partial charge in [0.25, 0.3) is 0 Å². The Morgan fingerprint density at radius 2 is 2.12 bits per heavy atom. The normalized spacial score (nSPS) is 10.8. The maximum absolute atomic E-state index is 4.42. The Balaban J connectivity index is 2.38. The topological polar surface area (TPSA) is 29.9 Å². The van der Waals surface area contributed by atoms with Crippen LogP contribution in [0.2, 0.25) is 0 Å². The van der Waals surface area contributed by atoms with E-state index in [2.05, 4.69) is 46.9 Å². The van der Waals surface area contributed by atoms with Crippen LogP contribution in [-0.2, 0) is 6.42 Å². The molecule has 3 nitrogen and oxygen atoms in total. The van der Waals surface area contributed by atoms with Gasteiger partial charge in [0.1, 0.15) is 5.82 Å². The highest BCUT2D eigenvalue weighted by atomic mass is 15.1. The first kappa shape index (κ1) is 11.9. The van der Waals surface area contributed by atoms with Crippen LogP contribution < -0.4 is 5.32 Å². The van der Waals surface area contributed by atoms with Gasteiger partial charge in [-0.1, -0.05) is 12.1 Å². The van der Waals surface area contributed by atoms with Crippen LogP contribution in [0.1, 0.15) is 17.0 Å². The van der Waals surface area contributed by atoms with Gasteiger partial charge >= 0.3 is 0 Å². The van der Waals surface area contributed by atoms with Gasteiger partial charge in [0.15, 0.2) is 0 Å². The quantitative estimate of drug-likeness (QED) is 0.871. The lowest BCUT2D eigenvalue weighted by atomic mass is 10.1. The average Bonchev–Trinajstić information content (AvgIpc) is 2.77. The van der Waals surface area contributed by atoms with E-state index in [4.69, 9.17) is 0 Å². The van der Waals surface area contributed by atoms with Crippen molar-refractivity contribution in [3.8, 4) is 5.69 Å². The van der Waals surface area contributed by atoms with Crippen molar-refractivity contribution in [2.45, 2.75) is 20.3 Å². The third-order valence-corrected chi connectivity index (χ3v) is 2.94. The highest BCUT2D eigenvalue weighted by Gasteiger charge is 2.06. The molecule has 0 fully saturated rings. The molecule has 1 aromatic heterocycles. The summed E-state index contributed by atoms with van der Waals surface area (Å²) >= 11 is 0. The molecule has 0 bridgehead atoms. The Morgan fingerprint density at radius 3 is 2.88 bits per heavy atom. The highest BCUT2D eigenvalue weighted by molar-refractivity contribution is 5.43. The van der Waals surface area contributed by atoms with Crippen LogP contribution in [-0.4, -0.2) is 23.1 Å². The van der Waals surface area contributed by atoms with Gasteiger partial charge in [0, 0.05) is 31.0 Å². The van der Waals surface area contributed by atoms with E-state index in [0.717, 1.165) is 18.8 Å². The number of hydrogen-bond acceptors (Lipinski definition) is 2. The van der Waals surface area contributed by atoms with E-state index in [1.54, 1.807) is 0 Å². The number of nitrogens with one attached hydrogen (secondary N) is 1. The predicted molar refractivity (Wildman–Crippen MR) is 70.7 cm³/mol. The predicted octanol–water partition coefficient (Wildman–Crippen LogP) is 2.25. The van der Waals surface area contributed by atoms with Gasteiger partial charge in [-0.25, -0.2) is 4.98 Å². The number of nitrogens with zero attached hydrogens (tertiary/aromatic N) is 2. The first-order chi connectivity index (χ1) is 8.22. The Bertz CT molecular complexity index is 500. The third-order valence-electron chi connectivity index (χ3n) is 2.94. The van der Waals surface area contributed by atoms with Crippen LogP contribution in [0.15, 0.2) is 30.6 Å². The molecule has 17 heavy (non-hydrogen) atoms. The molecule has 0 unspecified atom stereocenters. The minimum absolute atomic E-state index is 0.941. The molecule has 3 heteroatoms. The number of aromatic nitrogens is 2. The first-order valence-corrected chi connectivity index (χ1v) is 5.97. The molecule has 0 aliphatic carbocycles. The summed E-state index contributed by atoms with van der Waals surface area (Å²) in [5.41, 5.74) is 3.78. The highest BCUT2D eigenvalue weighted by Crippen LogP contribution is 2.17. The fraction of sp³-hybridized carbons (Fsp3) is 0.357. The molecule has 1 heterocycles. The van der Waals surface area contributed by atoms with E-state index >= 15 is 0 Å². The Kier molecular flexibility index (Phi) is 3.59. The Morgan fingerprint density at radius 1 is 1.29 bits per heavy atom. The maximum atomic E-state index is 4.42. The minimum atomic E-state index is 0.941. The van der Waals surface area contributed by atoms with Crippen molar-refractivity contribution in [3.05, 3.63) is 47.5 Å². The zero-order chi connectivity index (χ0) is 12.3. The molecule has 1 aromatic carbocycles. The molecule has 0 aliphatic rings. The van der Waals surface area contributed by atoms with Crippen molar-refractivity contribution in [2.75, 3.05) is 13.6 Å². The van der Waals surface area contributed by atoms with Crippen LogP contribution in [0.25, 0.3) is 5.69 Å². The summed E-state index contributed by atoms with van der Waals surface area (Å²) in [6, 6.07) is 6.51. The molecule has 0 amide bonds. The number of hydrogen-bond donors (Lipinski definition) is 1. The van der Waals surface area contributed by atoms with Gasteiger partial charge in [-0.2, -0.15) is 0 Å². The summed E-state index contributed by atoms with van der Waals surface area (Å²) in [6.45, 7) is 5.20. The van der Waals surface area contributed by atoms with Gasteiger partial charge in [0.2, 0.25) is 0 Å². The van der Waals surface area contributed by atoms with Crippen LogP contribution in [0.4, 0.5) is 0 Å². The molecule has 2 rings (SSSR count). The molecule has 2 aromatic rings. The second-order valence-electron chi connectivity index (χ2n) is 4.36. The zero-order valence-electron chi connectivity index (χ0n) is 10.7. The maximum Gasteiger partial charge on any atom is 0.114 e. The first-order valence-electron chi connectivity index (χ1n) is 5.97. The third kappa shape index (κ3) is 2.56. The lowest BCUT2D eigenvalue weighted by molar-refractivity contribution is 0.742. The van der Waals surface area contributed by atoms with Crippen LogP contribution in [0.3, 0.4) is 0 Å². The smallest absolute Gasteiger partial charge is 0.114 e. The van der Waals surface area contributed by atoms with Crippen molar-refractivity contribution in [1.82, 2.24) is 14.9 Å². The van der Waals surface area contributed by atoms with Crippen molar-refractivity contribution < 1.29 is 0 Å². The SMILES string of the molecule is CNCCc1nccn1-c1cc(C)ccc1C. The van der Waals surface area contributed by atoms with Gasteiger partial charge < -0.3 is 9.88 Å². The van der Waals surface area contributed by atoms with Crippen LogP contribution in [0.5, 0.6) is 0 Å². The number of imidazole rings is 1. The fourth-order valence-electron chi connectivity index (χ4n) is 1.95. The summed E-state index contributed by atoms with van der Waals surface area (Å²) in [5, 5.41) is 3.16. The molecule has 0 spiro atoms. The second kappa shape index (κ2) is 5.15. The molecule has 0 saturated carbocycles. The number of rotatable bonds is 4. The van der Waals surface area contributed by atoms with E-state index in [0.29, 0.717) is 0 Å². The zero-order valence-corrected chi connectivity index (χ0v) is 10.7. The lowest BCUT2D eigenvalue weighted by Crippen LogP contribution is -2.13. The number of likely N-dealkylation sites (N-methyl/N-ethyl adjacent to an activating group) is 1. The van der Waals surface area contributed by atoms with E-state index in [-0.39, 0.29) is 0 Å². The lowest BCUT2D eigenvalue weighted by Gasteiger charge is -2.11. The molecule has 0 radical (unpaired) electrons.